The second-order valence-electron chi connectivity index (χ2n) is 9.33. The highest BCUT2D eigenvalue weighted by atomic mass is 19.3. The Labute approximate surface area is 217 Å². The smallest absolute Gasteiger partial charge is 0.387 e. The number of nitrogens with one attached hydrogen (secondary N) is 2. The fourth-order valence-electron chi connectivity index (χ4n) is 4.57. The van der Waals surface area contributed by atoms with Gasteiger partial charge in [-0.25, -0.2) is 9.97 Å². The third-order valence-corrected chi connectivity index (χ3v) is 6.65. The molecule has 2 fully saturated rings. The molecule has 2 heterocycles. The summed E-state index contributed by atoms with van der Waals surface area (Å²) in [6.07, 6.45) is 5.20. The zero-order chi connectivity index (χ0) is 26.6. The number of alkyl halides is 2. The maximum Gasteiger partial charge on any atom is 0.387 e. The van der Waals surface area contributed by atoms with Crippen LogP contribution in [0.5, 0.6) is 5.75 Å². The zero-order valence-corrected chi connectivity index (χ0v) is 20.4. The Bertz CT molecular complexity index is 1270. The zero-order valence-electron chi connectivity index (χ0n) is 20.4. The standard InChI is InChI=1S/C27H27F2N5O4/c28-26(29)38-22-9-3-16(4-10-22)19-13-31-27(32-14-19)33-20-5-1-17(2-6-20)23(15-35)34(21-7-8-21)25(37)18-11-24(36)30-12-18/h1-6,9-10,13-14,18,21,23,26,35H,7-8,11-12,15H2,(H,30,36)(H,31,32,33). The van der Waals surface area contributed by atoms with Crippen molar-refractivity contribution in [2.45, 2.75) is 38.0 Å². The molecule has 1 aliphatic heterocycles. The molecule has 11 heteroatoms. The van der Waals surface area contributed by atoms with Crippen molar-refractivity contribution in [1.29, 1.82) is 0 Å². The van der Waals surface area contributed by atoms with Crippen LogP contribution in [0.2, 0.25) is 0 Å². The number of benzene rings is 2. The van der Waals surface area contributed by atoms with Crippen LogP contribution in [0, 0.1) is 5.92 Å². The number of anilines is 2. The molecule has 2 atom stereocenters. The molecule has 9 nitrogen and oxygen atoms in total. The minimum Gasteiger partial charge on any atom is -0.435 e. The van der Waals surface area contributed by atoms with Crippen molar-refractivity contribution >= 4 is 23.5 Å². The Balaban J connectivity index is 1.24. The number of rotatable bonds is 10. The van der Waals surface area contributed by atoms with E-state index in [9.17, 15) is 23.5 Å². The van der Waals surface area contributed by atoms with Crippen molar-refractivity contribution in [1.82, 2.24) is 20.2 Å². The second-order valence-corrected chi connectivity index (χ2v) is 9.33. The van der Waals surface area contributed by atoms with Crippen molar-refractivity contribution in [3.05, 3.63) is 66.5 Å². The van der Waals surface area contributed by atoms with Crippen molar-refractivity contribution < 1.29 is 28.2 Å². The maximum absolute atomic E-state index is 13.2. The third kappa shape index (κ3) is 5.88. The minimum atomic E-state index is -2.88. The van der Waals surface area contributed by atoms with Gasteiger partial charge in [0.2, 0.25) is 17.8 Å². The molecule has 2 aromatic carbocycles. The number of ether oxygens (including phenoxy) is 1. The highest BCUT2D eigenvalue weighted by Gasteiger charge is 2.42. The Kier molecular flexibility index (Phi) is 7.45. The minimum absolute atomic E-state index is 0.0742. The first-order valence-electron chi connectivity index (χ1n) is 12.4. The van der Waals surface area contributed by atoms with Gasteiger partial charge in [0.05, 0.1) is 18.6 Å². The summed E-state index contributed by atoms with van der Waals surface area (Å²) in [6.45, 7) is -2.76. The van der Waals surface area contributed by atoms with Gasteiger partial charge in [0.1, 0.15) is 5.75 Å². The summed E-state index contributed by atoms with van der Waals surface area (Å²) >= 11 is 0. The first kappa shape index (κ1) is 25.5. The fraction of sp³-hybridized carbons (Fsp3) is 0.333. The first-order valence-corrected chi connectivity index (χ1v) is 12.4. The summed E-state index contributed by atoms with van der Waals surface area (Å²) in [7, 11) is 0. The van der Waals surface area contributed by atoms with Crippen molar-refractivity contribution in [2.75, 3.05) is 18.5 Å². The van der Waals surface area contributed by atoms with Gasteiger partial charge in [-0.1, -0.05) is 24.3 Å². The van der Waals surface area contributed by atoms with E-state index in [0.717, 1.165) is 29.7 Å². The van der Waals surface area contributed by atoms with E-state index in [1.165, 1.54) is 12.1 Å². The summed E-state index contributed by atoms with van der Waals surface area (Å²) < 4.78 is 29.0. The number of aliphatic hydroxyl groups is 1. The Morgan fingerprint density at radius 3 is 2.32 bits per heavy atom. The van der Waals surface area contributed by atoms with E-state index in [0.29, 0.717) is 18.1 Å². The lowest BCUT2D eigenvalue weighted by Gasteiger charge is -2.33. The summed E-state index contributed by atoms with van der Waals surface area (Å²) in [5, 5.41) is 16.0. The van der Waals surface area contributed by atoms with Gasteiger partial charge in [-0.05, 0) is 48.2 Å². The number of nitrogens with zero attached hydrogens (tertiary/aromatic N) is 3. The average Bonchev–Trinajstić information content (AvgIpc) is 3.66. The molecule has 3 aromatic rings. The van der Waals surface area contributed by atoms with Gasteiger partial charge in [0.25, 0.3) is 0 Å². The lowest BCUT2D eigenvalue weighted by molar-refractivity contribution is -0.140. The van der Waals surface area contributed by atoms with Crippen LogP contribution in [0.1, 0.15) is 30.9 Å². The van der Waals surface area contributed by atoms with Crippen LogP contribution in [-0.2, 0) is 9.59 Å². The molecule has 198 valence electrons. The normalized spacial score (nSPS) is 17.7. The Morgan fingerprint density at radius 1 is 1.08 bits per heavy atom. The number of hydrogen-bond acceptors (Lipinski definition) is 7. The molecule has 2 aliphatic rings. The highest BCUT2D eigenvalue weighted by Crippen LogP contribution is 2.37. The van der Waals surface area contributed by atoms with E-state index in [1.807, 2.05) is 24.3 Å². The van der Waals surface area contributed by atoms with Gasteiger partial charge in [0.15, 0.2) is 0 Å². The number of carbonyl (C=O) groups excluding carboxylic acids is 2. The summed E-state index contributed by atoms with van der Waals surface area (Å²) in [6, 6.07) is 13.1. The molecular formula is C27H27F2N5O4. The lowest BCUT2D eigenvalue weighted by Crippen LogP contribution is -2.42. The molecule has 38 heavy (non-hydrogen) atoms. The van der Waals surface area contributed by atoms with E-state index in [-0.39, 0.29) is 36.6 Å². The number of amides is 2. The molecule has 0 spiro atoms. The Hall–Kier alpha value is -4.12. The molecule has 1 saturated carbocycles. The Morgan fingerprint density at radius 2 is 1.76 bits per heavy atom. The van der Waals surface area contributed by atoms with Crippen molar-refractivity contribution in [2.24, 2.45) is 5.92 Å². The number of halogens is 2. The molecular weight excluding hydrogens is 496 g/mol. The molecule has 2 amide bonds. The van der Waals surface area contributed by atoms with Gasteiger partial charge in [-0.2, -0.15) is 8.78 Å². The van der Waals surface area contributed by atoms with Crippen LogP contribution >= 0.6 is 0 Å². The number of hydrogen-bond donors (Lipinski definition) is 3. The predicted octanol–water partition coefficient (Wildman–Crippen LogP) is 3.65. The topological polar surface area (TPSA) is 117 Å². The third-order valence-electron chi connectivity index (χ3n) is 6.65. The molecule has 5 rings (SSSR count). The van der Waals surface area contributed by atoms with E-state index in [2.05, 4.69) is 25.3 Å². The van der Waals surface area contributed by atoms with Gasteiger partial charge >= 0.3 is 6.61 Å². The second kappa shape index (κ2) is 11.1. The van der Waals surface area contributed by atoms with Crippen molar-refractivity contribution in [3.63, 3.8) is 0 Å². The first-order chi connectivity index (χ1) is 18.4. The quantitative estimate of drug-likeness (QED) is 0.371. The van der Waals surface area contributed by atoms with Crippen LogP contribution in [0.15, 0.2) is 60.9 Å². The van der Waals surface area contributed by atoms with Gasteiger partial charge in [-0.15, -0.1) is 0 Å². The van der Waals surface area contributed by atoms with Crippen LogP contribution in [0.4, 0.5) is 20.4 Å². The van der Waals surface area contributed by atoms with Gasteiger partial charge in [0, 0.05) is 42.7 Å². The van der Waals surface area contributed by atoms with Crippen molar-refractivity contribution in [3.8, 4) is 16.9 Å². The predicted molar refractivity (Wildman–Crippen MR) is 135 cm³/mol. The van der Waals surface area contributed by atoms with Crippen LogP contribution in [0.3, 0.4) is 0 Å². The lowest BCUT2D eigenvalue weighted by atomic mass is 10.0. The van der Waals surface area contributed by atoms with E-state index < -0.39 is 18.6 Å². The van der Waals surface area contributed by atoms with E-state index in [1.54, 1.807) is 29.4 Å². The molecule has 1 saturated heterocycles. The number of carbonyl (C=O) groups is 2. The molecule has 1 aromatic heterocycles. The number of aromatic nitrogens is 2. The molecule has 1 aliphatic carbocycles. The number of aliphatic hydroxyl groups excluding tert-OH is 1. The molecule has 0 bridgehead atoms. The largest absolute Gasteiger partial charge is 0.435 e. The van der Waals surface area contributed by atoms with E-state index >= 15 is 0 Å². The highest BCUT2D eigenvalue weighted by molar-refractivity contribution is 5.89. The summed E-state index contributed by atoms with van der Waals surface area (Å²) in [4.78, 5) is 35.2. The summed E-state index contributed by atoms with van der Waals surface area (Å²) in [5.41, 5.74) is 2.99. The summed E-state index contributed by atoms with van der Waals surface area (Å²) in [5.74, 6) is -0.183. The molecule has 3 N–H and O–H groups in total. The maximum atomic E-state index is 13.2. The monoisotopic (exact) mass is 523 g/mol. The van der Waals surface area contributed by atoms with Crippen LogP contribution < -0.4 is 15.4 Å². The van der Waals surface area contributed by atoms with Crippen LogP contribution in [0.25, 0.3) is 11.1 Å². The van der Waals surface area contributed by atoms with Gasteiger partial charge in [-0.3, -0.25) is 9.59 Å². The SMILES string of the molecule is O=C1CC(C(=O)N(C2CC2)C(CO)c2ccc(Nc3ncc(-c4ccc(OC(F)F)cc4)cn3)cc2)CN1. The van der Waals surface area contributed by atoms with E-state index in [4.69, 9.17) is 0 Å². The fourth-order valence-corrected chi connectivity index (χ4v) is 4.57. The average molecular weight is 524 g/mol. The van der Waals surface area contributed by atoms with Crippen LogP contribution in [-0.4, -0.2) is 57.6 Å². The van der Waals surface area contributed by atoms with Gasteiger partial charge < -0.3 is 25.4 Å². The molecule has 0 radical (unpaired) electrons. The molecule has 2 unspecified atom stereocenters.